The number of ether oxygens (including phenoxy) is 2. The van der Waals surface area contributed by atoms with Crippen molar-refractivity contribution in [2.24, 2.45) is 0 Å². The lowest BCUT2D eigenvalue weighted by Crippen LogP contribution is -3.06. The number of carboxylic acids is 1. The van der Waals surface area contributed by atoms with Gasteiger partial charge in [-0.15, -0.1) is 0 Å². The Bertz CT molecular complexity index is 972. The molecule has 1 aliphatic heterocycles. The van der Waals surface area contributed by atoms with E-state index in [9.17, 15) is 19.9 Å². The maximum Gasteiger partial charge on any atom is 0.304 e. The van der Waals surface area contributed by atoms with Gasteiger partial charge >= 0.3 is 5.97 Å². The molecule has 1 aromatic carbocycles. The zero-order chi connectivity index (χ0) is 22.0. The van der Waals surface area contributed by atoms with Crippen LogP contribution in [0.3, 0.4) is 0 Å². The number of aromatic nitrogens is 1. The molecule has 0 saturated heterocycles. The highest BCUT2D eigenvalue weighted by molar-refractivity contribution is 6.05. The van der Waals surface area contributed by atoms with E-state index < -0.39 is 17.9 Å². The number of carbonyl (C=O) groups is 2. The van der Waals surface area contributed by atoms with Crippen LogP contribution in [0.2, 0.25) is 0 Å². The smallest absolute Gasteiger partial charge is 0.304 e. The third kappa shape index (κ3) is 4.26. The van der Waals surface area contributed by atoms with Crippen LogP contribution in [-0.2, 0) is 4.79 Å². The van der Waals surface area contributed by atoms with E-state index in [0.717, 1.165) is 25.7 Å². The van der Waals surface area contributed by atoms with Gasteiger partial charge in [0.2, 0.25) is 5.78 Å². The topological polar surface area (TPSA) is 113 Å². The van der Waals surface area contributed by atoms with Gasteiger partial charge in [0.25, 0.3) is 0 Å². The number of aliphatic carboxylic acids is 1. The SMILES string of the molecule is COc1cc(C(CC(=O)O)C2C(=O)c3cnccc3[NH+]2[O-])ccc1OC1CCCCC1. The van der Waals surface area contributed by atoms with Gasteiger partial charge in [-0.2, -0.15) is 0 Å². The van der Waals surface area contributed by atoms with Crippen LogP contribution in [0.5, 0.6) is 11.5 Å². The number of carbonyl (C=O) groups excluding carboxylic acids is 1. The molecule has 0 spiro atoms. The summed E-state index contributed by atoms with van der Waals surface area (Å²) >= 11 is 0. The van der Waals surface area contributed by atoms with Crippen LogP contribution >= 0.6 is 0 Å². The van der Waals surface area contributed by atoms with Crippen molar-refractivity contribution in [2.75, 3.05) is 7.11 Å². The van der Waals surface area contributed by atoms with E-state index in [-0.39, 0.29) is 28.9 Å². The number of nitrogens with zero attached hydrogens (tertiary/aromatic N) is 1. The lowest BCUT2D eigenvalue weighted by atomic mass is 9.86. The van der Waals surface area contributed by atoms with Crippen LogP contribution in [-0.4, -0.2) is 41.1 Å². The third-order valence-electron chi connectivity index (χ3n) is 6.18. The van der Waals surface area contributed by atoms with Gasteiger partial charge in [0.1, 0.15) is 11.3 Å². The lowest BCUT2D eigenvalue weighted by molar-refractivity contribution is -0.792. The summed E-state index contributed by atoms with van der Waals surface area (Å²) < 4.78 is 11.6. The number of hydrogen-bond donors (Lipinski definition) is 2. The van der Waals surface area contributed by atoms with Gasteiger partial charge in [-0.25, -0.2) is 0 Å². The van der Waals surface area contributed by atoms with Crippen LogP contribution in [0.15, 0.2) is 36.7 Å². The minimum Gasteiger partial charge on any atom is -0.628 e. The molecule has 0 amide bonds. The van der Waals surface area contributed by atoms with Gasteiger partial charge in [-0.3, -0.25) is 14.6 Å². The van der Waals surface area contributed by atoms with Crippen molar-refractivity contribution in [3.63, 3.8) is 0 Å². The summed E-state index contributed by atoms with van der Waals surface area (Å²) in [6, 6.07) is 5.58. The lowest BCUT2D eigenvalue weighted by Gasteiger charge is -2.30. The molecular formula is C23H26N2O6. The van der Waals surface area contributed by atoms with E-state index in [2.05, 4.69) is 4.98 Å². The molecule has 0 bridgehead atoms. The Morgan fingerprint density at radius 2 is 2.03 bits per heavy atom. The number of ketones is 1. The first-order valence-corrected chi connectivity index (χ1v) is 10.6. The van der Waals surface area contributed by atoms with E-state index in [4.69, 9.17) is 9.47 Å². The number of nitrogens with one attached hydrogen (secondary N) is 1. The molecule has 164 valence electrons. The van der Waals surface area contributed by atoms with Crippen LogP contribution in [0.25, 0.3) is 0 Å². The average molecular weight is 426 g/mol. The molecule has 8 nitrogen and oxygen atoms in total. The number of Topliss-reactive ketones (excluding diaryl/α,β-unsaturated/α-hetero) is 1. The molecule has 1 fully saturated rings. The summed E-state index contributed by atoms with van der Waals surface area (Å²) in [6.45, 7) is 0. The highest BCUT2D eigenvalue weighted by Crippen LogP contribution is 2.37. The van der Waals surface area contributed by atoms with Crippen molar-refractivity contribution in [3.8, 4) is 11.5 Å². The van der Waals surface area contributed by atoms with Gasteiger partial charge in [0, 0.05) is 18.5 Å². The van der Waals surface area contributed by atoms with Gasteiger partial charge in [-0.1, -0.05) is 12.5 Å². The summed E-state index contributed by atoms with van der Waals surface area (Å²) in [5, 5.41) is 22.1. The minimum absolute atomic E-state index is 0.128. The van der Waals surface area contributed by atoms with Crippen LogP contribution in [0, 0.1) is 5.21 Å². The maximum atomic E-state index is 13.0. The number of carboxylic acid groups (broad SMARTS) is 1. The first-order chi connectivity index (χ1) is 15.0. The number of benzene rings is 1. The number of pyridine rings is 1. The number of quaternary nitrogens is 1. The number of hydrogen-bond acceptors (Lipinski definition) is 6. The molecular weight excluding hydrogens is 400 g/mol. The van der Waals surface area contributed by atoms with Gasteiger partial charge in [0.15, 0.2) is 17.5 Å². The van der Waals surface area contributed by atoms with E-state index in [0.29, 0.717) is 22.7 Å². The highest BCUT2D eigenvalue weighted by Gasteiger charge is 2.45. The normalized spacial score (nSPS) is 22.1. The molecule has 2 N–H and O–H groups in total. The van der Waals surface area contributed by atoms with E-state index in [1.54, 1.807) is 18.2 Å². The minimum atomic E-state index is -1.09. The van der Waals surface area contributed by atoms with Gasteiger partial charge in [-0.05, 0) is 43.4 Å². The monoisotopic (exact) mass is 426 g/mol. The maximum absolute atomic E-state index is 13.0. The summed E-state index contributed by atoms with van der Waals surface area (Å²) in [5.41, 5.74) is 1.10. The number of fused-ring (bicyclic) bond motifs is 1. The molecule has 1 aromatic heterocycles. The van der Waals surface area contributed by atoms with E-state index in [1.165, 1.54) is 32.0 Å². The molecule has 3 atom stereocenters. The van der Waals surface area contributed by atoms with Crippen molar-refractivity contribution in [1.29, 1.82) is 0 Å². The Morgan fingerprint density at radius 1 is 1.26 bits per heavy atom. The first-order valence-electron chi connectivity index (χ1n) is 10.6. The van der Waals surface area contributed by atoms with Crippen molar-refractivity contribution in [2.45, 2.75) is 56.6 Å². The number of methoxy groups -OCH3 is 1. The molecule has 0 radical (unpaired) electrons. The second kappa shape index (κ2) is 9.03. The predicted octanol–water partition coefficient (Wildman–Crippen LogP) is 2.64. The molecule has 8 heteroatoms. The predicted molar refractivity (Wildman–Crippen MR) is 112 cm³/mol. The molecule has 3 unspecified atom stereocenters. The Labute approximate surface area is 180 Å². The number of rotatable bonds is 7. The highest BCUT2D eigenvalue weighted by atomic mass is 16.5. The fourth-order valence-electron chi connectivity index (χ4n) is 4.62. The summed E-state index contributed by atoms with van der Waals surface area (Å²) in [7, 11) is 1.52. The largest absolute Gasteiger partial charge is 0.628 e. The molecule has 4 rings (SSSR count). The molecule has 1 saturated carbocycles. The zero-order valence-corrected chi connectivity index (χ0v) is 17.4. The molecule has 2 aliphatic rings. The summed E-state index contributed by atoms with van der Waals surface area (Å²) in [6.07, 6.45) is 8.06. The third-order valence-corrected chi connectivity index (χ3v) is 6.18. The molecule has 2 aromatic rings. The Balaban J connectivity index is 1.65. The van der Waals surface area contributed by atoms with Crippen LogP contribution < -0.4 is 14.5 Å². The Hall–Kier alpha value is -2.97. The quantitative estimate of drug-likeness (QED) is 0.654. The number of hydroxylamine groups is 1. The van der Waals surface area contributed by atoms with E-state index in [1.807, 2.05) is 0 Å². The van der Waals surface area contributed by atoms with Gasteiger partial charge in [0.05, 0.1) is 25.6 Å². The van der Waals surface area contributed by atoms with Crippen molar-refractivity contribution < 1.29 is 29.2 Å². The zero-order valence-electron chi connectivity index (χ0n) is 17.4. The second-order valence-corrected chi connectivity index (χ2v) is 8.12. The van der Waals surface area contributed by atoms with Crippen molar-refractivity contribution >= 4 is 17.4 Å². The fraction of sp³-hybridized carbons (Fsp3) is 0.435. The van der Waals surface area contributed by atoms with Crippen molar-refractivity contribution in [1.82, 2.24) is 4.98 Å². The molecule has 2 heterocycles. The fourth-order valence-corrected chi connectivity index (χ4v) is 4.62. The standard InChI is InChI=1S/C23H26N2O6/c1-30-20-11-14(7-8-19(20)31-15-5-3-2-4-6-15)16(12-21(26)27)22-23(28)17-13-24-10-9-18(17)25(22)29/h7-11,13,15-16,22,25H,2-6,12H2,1H3,(H,26,27). The first kappa shape index (κ1) is 21.3. The molecule has 1 aliphatic carbocycles. The Morgan fingerprint density at radius 3 is 2.71 bits per heavy atom. The summed E-state index contributed by atoms with van der Waals surface area (Å²) in [4.78, 5) is 28.5. The molecule has 31 heavy (non-hydrogen) atoms. The van der Waals surface area contributed by atoms with Gasteiger partial charge < -0.3 is 24.9 Å². The van der Waals surface area contributed by atoms with Crippen LogP contribution in [0.1, 0.15) is 60.4 Å². The van der Waals surface area contributed by atoms with Crippen molar-refractivity contribution in [3.05, 3.63) is 53.0 Å². The summed E-state index contributed by atoms with van der Waals surface area (Å²) in [5.74, 6) is -1.23. The van der Waals surface area contributed by atoms with Crippen LogP contribution in [0.4, 0.5) is 5.69 Å². The second-order valence-electron chi connectivity index (χ2n) is 8.12. The van der Waals surface area contributed by atoms with E-state index >= 15 is 0 Å². The Kier molecular flexibility index (Phi) is 6.20. The average Bonchev–Trinajstić information content (AvgIpc) is 3.03.